The van der Waals surface area contributed by atoms with Crippen molar-refractivity contribution in [2.75, 3.05) is 7.11 Å². The second-order valence-corrected chi connectivity index (χ2v) is 5.74. The summed E-state index contributed by atoms with van der Waals surface area (Å²) in [5.74, 6) is -1.14. The number of hydrogen-bond donors (Lipinski definition) is 1. The van der Waals surface area contributed by atoms with Crippen molar-refractivity contribution in [2.45, 2.75) is 6.61 Å². The molecule has 0 fully saturated rings. The van der Waals surface area contributed by atoms with E-state index in [0.717, 1.165) is 6.07 Å². The monoisotopic (exact) mass is 398 g/mol. The Morgan fingerprint density at radius 3 is 2.62 bits per heavy atom. The molecule has 0 aliphatic carbocycles. The van der Waals surface area contributed by atoms with Crippen LogP contribution in [0.15, 0.2) is 42.6 Å². The Labute approximate surface area is 163 Å². The van der Waals surface area contributed by atoms with Crippen molar-refractivity contribution in [3.63, 3.8) is 0 Å². The van der Waals surface area contributed by atoms with Crippen LogP contribution in [0.5, 0.6) is 11.5 Å². The van der Waals surface area contributed by atoms with Gasteiger partial charge in [-0.15, -0.1) is 5.10 Å². The van der Waals surface area contributed by atoms with Gasteiger partial charge in [0.1, 0.15) is 18.6 Å². The third-order valence-corrected chi connectivity index (χ3v) is 3.89. The molecule has 0 aliphatic heterocycles. The first-order chi connectivity index (χ1) is 13.9. The van der Waals surface area contributed by atoms with E-state index < -0.39 is 16.6 Å². The number of nitro benzene ring substituents is 1. The van der Waals surface area contributed by atoms with Crippen LogP contribution in [0.3, 0.4) is 0 Å². The van der Waals surface area contributed by atoms with E-state index in [1.165, 1.54) is 36.2 Å². The number of aromatic carboxylic acids is 1. The predicted molar refractivity (Wildman–Crippen MR) is 97.7 cm³/mol. The number of methoxy groups -OCH3 is 1. The van der Waals surface area contributed by atoms with Crippen LogP contribution < -0.4 is 9.47 Å². The Morgan fingerprint density at radius 1 is 1.31 bits per heavy atom. The molecule has 1 N–H and O–H groups in total. The molecule has 11 nitrogen and oxygen atoms in total. The standard InChI is InChI=1S/C18H14N4O7/c1-28-16-7-11(9-23)6-15(22(26)27)17(16)29-10-13-8-21(20-19-13)14-4-2-12(3-5-14)18(24)25/h2-9H,10H2,1H3,(H,24,25). The largest absolute Gasteiger partial charge is 0.493 e. The number of aldehydes is 1. The minimum Gasteiger partial charge on any atom is -0.493 e. The van der Waals surface area contributed by atoms with Gasteiger partial charge in [0.15, 0.2) is 5.75 Å². The first kappa shape index (κ1) is 19.5. The lowest BCUT2D eigenvalue weighted by Gasteiger charge is -2.10. The van der Waals surface area contributed by atoms with Gasteiger partial charge in [-0.2, -0.15) is 0 Å². The van der Waals surface area contributed by atoms with Gasteiger partial charge in [-0.3, -0.25) is 14.9 Å². The molecule has 1 heterocycles. The molecule has 0 bridgehead atoms. The van der Waals surface area contributed by atoms with Crippen molar-refractivity contribution in [1.29, 1.82) is 0 Å². The summed E-state index contributed by atoms with van der Waals surface area (Å²) in [5.41, 5.74) is 0.742. The zero-order valence-electron chi connectivity index (χ0n) is 15.0. The Bertz CT molecular complexity index is 1080. The summed E-state index contributed by atoms with van der Waals surface area (Å²) in [4.78, 5) is 32.5. The summed E-state index contributed by atoms with van der Waals surface area (Å²) in [5, 5.41) is 28.1. The van der Waals surface area contributed by atoms with Gasteiger partial charge < -0.3 is 14.6 Å². The smallest absolute Gasteiger partial charge is 0.335 e. The van der Waals surface area contributed by atoms with Crippen LogP contribution in [0.4, 0.5) is 5.69 Å². The molecule has 0 amide bonds. The van der Waals surface area contributed by atoms with E-state index in [4.69, 9.17) is 14.6 Å². The summed E-state index contributed by atoms with van der Waals surface area (Å²) in [7, 11) is 1.30. The van der Waals surface area contributed by atoms with E-state index in [2.05, 4.69) is 10.3 Å². The van der Waals surface area contributed by atoms with Crippen LogP contribution in [0.1, 0.15) is 26.4 Å². The van der Waals surface area contributed by atoms with Gasteiger partial charge in [-0.05, 0) is 30.3 Å². The fraction of sp³-hybridized carbons (Fsp3) is 0.111. The molecule has 0 atom stereocenters. The first-order valence-corrected chi connectivity index (χ1v) is 8.12. The van der Waals surface area contributed by atoms with Gasteiger partial charge in [0.2, 0.25) is 5.75 Å². The Morgan fingerprint density at radius 2 is 2.03 bits per heavy atom. The number of carboxylic acid groups (broad SMARTS) is 1. The number of carboxylic acids is 1. The van der Waals surface area contributed by atoms with Gasteiger partial charge in [-0.1, -0.05) is 5.21 Å². The molecular formula is C18H14N4O7. The normalized spacial score (nSPS) is 10.4. The van der Waals surface area contributed by atoms with E-state index in [0.29, 0.717) is 17.7 Å². The second kappa shape index (κ2) is 8.17. The highest BCUT2D eigenvalue weighted by atomic mass is 16.6. The van der Waals surface area contributed by atoms with Crippen LogP contribution in [0.25, 0.3) is 5.69 Å². The molecule has 0 unspecified atom stereocenters. The molecule has 0 saturated heterocycles. The van der Waals surface area contributed by atoms with E-state index in [1.54, 1.807) is 12.1 Å². The first-order valence-electron chi connectivity index (χ1n) is 8.12. The number of carbonyl (C=O) groups excluding carboxylic acids is 1. The topological polar surface area (TPSA) is 147 Å². The van der Waals surface area contributed by atoms with E-state index in [1.807, 2.05) is 0 Å². The molecule has 11 heteroatoms. The van der Waals surface area contributed by atoms with Crippen molar-refractivity contribution < 1.29 is 29.1 Å². The SMILES string of the molecule is COc1cc(C=O)cc([N+](=O)[O-])c1OCc1cn(-c2ccc(C(=O)O)cc2)nn1. The lowest BCUT2D eigenvalue weighted by molar-refractivity contribution is -0.386. The zero-order valence-corrected chi connectivity index (χ0v) is 15.0. The lowest BCUT2D eigenvalue weighted by Crippen LogP contribution is -2.03. The van der Waals surface area contributed by atoms with Crippen LogP contribution in [0, 0.1) is 10.1 Å². The number of nitrogens with zero attached hydrogens (tertiary/aromatic N) is 4. The van der Waals surface area contributed by atoms with E-state index in [-0.39, 0.29) is 29.2 Å². The maximum absolute atomic E-state index is 11.3. The molecule has 0 saturated carbocycles. The summed E-state index contributed by atoms with van der Waals surface area (Å²) in [6.45, 7) is -0.148. The van der Waals surface area contributed by atoms with Crippen LogP contribution >= 0.6 is 0 Å². The molecule has 0 aliphatic rings. The number of benzene rings is 2. The third kappa shape index (κ3) is 4.18. The van der Waals surface area contributed by atoms with Crippen molar-refractivity contribution in [1.82, 2.24) is 15.0 Å². The van der Waals surface area contributed by atoms with Crippen molar-refractivity contribution in [3.05, 3.63) is 69.5 Å². The number of aromatic nitrogens is 3. The quantitative estimate of drug-likeness (QED) is 0.343. The Hall–Kier alpha value is -4.28. The fourth-order valence-electron chi connectivity index (χ4n) is 2.50. The highest BCUT2D eigenvalue weighted by Crippen LogP contribution is 2.38. The van der Waals surface area contributed by atoms with Crippen LogP contribution in [-0.2, 0) is 6.61 Å². The molecule has 2 aromatic carbocycles. The molecule has 29 heavy (non-hydrogen) atoms. The Balaban J connectivity index is 1.81. The summed E-state index contributed by atoms with van der Waals surface area (Å²) in [6.07, 6.45) is 2.01. The third-order valence-electron chi connectivity index (χ3n) is 3.89. The number of carbonyl (C=O) groups is 2. The van der Waals surface area contributed by atoms with E-state index in [9.17, 15) is 19.7 Å². The van der Waals surface area contributed by atoms with Crippen molar-refractivity contribution >= 4 is 17.9 Å². The highest BCUT2D eigenvalue weighted by Gasteiger charge is 2.23. The molecule has 148 valence electrons. The molecule has 3 rings (SSSR count). The van der Waals surface area contributed by atoms with Crippen molar-refractivity contribution in [3.8, 4) is 17.2 Å². The molecule has 0 spiro atoms. The Kier molecular flexibility index (Phi) is 5.49. The van der Waals surface area contributed by atoms with Gasteiger partial charge in [0.05, 0.1) is 29.5 Å². The van der Waals surface area contributed by atoms with Gasteiger partial charge in [0.25, 0.3) is 0 Å². The van der Waals surface area contributed by atoms with Crippen LogP contribution in [-0.4, -0.2) is 44.4 Å². The summed E-state index contributed by atoms with van der Waals surface area (Å²) >= 11 is 0. The maximum atomic E-state index is 11.3. The van der Waals surface area contributed by atoms with Gasteiger partial charge >= 0.3 is 11.7 Å². The molecular weight excluding hydrogens is 384 g/mol. The van der Waals surface area contributed by atoms with Crippen LogP contribution in [0.2, 0.25) is 0 Å². The zero-order chi connectivity index (χ0) is 21.0. The fourth-order valence-corrected chi connectivity index (χ4v) is 2.50. The minimum atomic E-state index is -1.04. The van der Waals surface area contributed by atoms with Gasteiger partial charge in [-0.25, -0.2) is 9.48 Å². The molecule has 3 aromatic rings. The number of ether oxygens (including phenoxy) is 2. The number of hydrogen-bond acceptors (Lipinski definition) is 8. The second-order valence-electron chi connectivity index (χ2n) is 5.74. The molecule has 0 radical (unpaired) electrons. The average Bonchev–Trinajstić information content (AvgIpc) is 3.20. The van der Waals surface area contributed by atoms with Gasteiger partial charge in [0, 0.05) is 11.6 Å². The highest BCUT2D eigenvalue weighted by molar-refractivity contribution is 5.87. The molecule has 1 aromatic heterocycles. The number of nitro groups is 1. The number of rotatable bonds is 8. The summed E-state index contributed by atoms with van der Waals surface area (Å²) < 4.78 is 12.0. The summed E-state index contributed by atoms with van der Waals surface area (Å²) in [6, 6.07) is 8.40. The van der Waals surface area contributed by atoms with Crippen molar-refractivity contribution in [2.24, 2.45) is 0 Å². The maximum Gasteiger partial charge on any atom is 0.335 e. The average molecular weight is 398 g/mol. The van der Waals surface area contributed by atoms with E-state index >= 15 is 0 Å². The minimum absolute atomic E-state index is 0.0398. The lowest BCUT2D eigenvalue weighted by atomic mass is 10.2. The predicted octanol–water partition coefficient (Wildman–Crippen LogP) is 2.27.